The maximum absolute atomic E-state index is 11.8. The maximum atomic E-state index is 11.8. The van der Waals surface area contributed by atoms with E-state index >= 15 is 0 Å². The van der Waals surface area contributed by atoms with Crippen LogP contribution in [-0.4, -0.2) is 45.2 Å². The molecule has 1 saturated heterocycles. The fourth-order valence-electron chi connectivity index (χ4n) is 1.59. The van der Waals surface area contributed by atoms with Crippen LogP contribution in [0.25, 0.3) is 0 Å². The second-order valence-corrected chi connectivity index (χ2v) is 3.48. The molecule has 2 heterocycles. The third-order valence-corrected chi connectivity index (χ3v) is 2.38. The Morgan fingerprint density at radius 1 is 1.67 bits per heavy atom. The number of rotatable bonds is 1. The quantitative estimate of drug-likeness (QED) is 0.668. The molecule has 1 aromatic rings. The molecule has 1 fully saturated rings. The average molecular weight is 207 g/mol. The Morgan fingerprint density at radius 2 is 2.47 bits per heavy atom. The lowest BCUT2D eigenvalue weighted by Gasteiger charge is -2.14. The van der Waals surface area contributed by atoms with Crippen molar-refractivity contribution in [1.82, 2.24) is 9.88 Å². The summed E-state index contributed by atoms with van der Waals surface area (Å²) in [7, 11) is 0. The Hall–Kier alpha value is -1.62. The Bertz CT molecular complexity index is 381. The molecule has 1 radical (unpaired) electrons. The van der Waals surface area contributed by atoms with Gasteiger partial charge in [0.2, 0.25) is 0 Å². The largest absolute Gasteiger partial charge is 0.505 e. The van der Waals surface area contributed by atoms with Gasteiger partial charge in [-0.1, -0.05) is 0 Å². The summed E-state index contributed by atoms with van der Waals surface area (Å²) in [6.07, 6.45) is 1.51. The molecule has 0 bridgehead atoms. The highest BCUT2D eigenvalue weighted by molar-refractivity contribution is 5.94. The van der Waals surface area contributed by atoms with E-state index in [9.17, 15) is 15.0 Å². The van der Waals surface area contributed by atoms with Gasteiger partial charge in [-0.15, -0.1) is 0 Å². The summed E-state index contributed by atoms with van der Waals surface area (Å²) in [5.74, 6) is -0.607. The maximum Gasteiger partial charge on any atom is 0.276 e. The van der Waals surface area contributed by atoms with Gasteiger partial charge in [-0.3, -0.25) is 4.79 Å². The highest BCUT2D eigenvalue weighted by atomic mass is 16.3. The summed E-state index contributed by atoms with van der Waals surface area (Å²) >= 11 is 0. The molecule has 1 amide bonds. The van der Waals surface area contributed by atoms with Crippen LogP contribution >= 0.6 is 0 Å². The summed E-state index contributed by atoms with van der Waals surface area (Å²) in [6.45, 7) is 0.796. The van der Waals surface area contributed by atoms with Crippen molar-refractivity contribution in [2.24, 2.45) is 0 Å². The van der Waals surface area contributed by atoms with E-state index in [1.807, 2.05) is 0 Å². The van der Waals surface area contributed by atoms with E-state index in [-0.39, 0.29) is 17.4 Å². The molecule has 5 nitrogen and oxygen atoms in total. The molecule has 15 heavy (non-hydrogen) atoms. The first-order chi connectivity index (χ1) is 7.18. The predicted octanol–water partition coefficient (Wildman–Crippen LogP) is -0.206. The summed E-state index contributed by atoms with van der Waals surface area (Å²) < 4.78 is 0. The highest BCUT2D eigenvalue weighted by Gasteiger charge is 2.27. The van der Waals surface area contributed by atoms with E-state index in [1.54, 1.807) is 0 Å². The lowest BCUT2D eigenvalue weighted by Crippen LogP contribution is -2.30. The van der Waals surface area contributed by atoms with E-state index < -0.39 is 6.10 Å². The number of aromatic nitrogens is 1. The molecular weight excluding hydrogens is 196 g/mol. The fourth-order valence-corrected chi connectivity index (χ4v) is 1.59. The highest BCUT2D eigenvalue weighted by Crippen LogP contribution is 2.17. The van der Waals surface area contributed by atoms with E-state index in [0.717, 1.165) is 0 Å². The summed E-state index contributed by atoms with van der Waals surface area (Å²) in [6, 6.07) is 3.93. The van der Waals surface area contributed by atoms with Crippen molar-refractivity contribution in [3.8, 4) is 5.75 Å². The first-order valence-corrected chi connectivity index (χ1v) is 4.71. The lowest BCUT2D eigenvalue weighted by molar-refractivity contribution is 0.0756. The second-order valence-electron chi connectivity index (χ2n) is 3.48. The SMILES string of the molecule is O=C(c1ncc[c]c1O)N1CCC(O)C1. The van der Waals surface area contributed by atoms with E-state index in [1.165, 1.54) is 17.2 Å². The van der Waals surface area contributed by atoms with Gasteiger partial charge in [-0.05, 0) is 12.5 Å². The molecular formula is C10H11N2O3. The number of carbonyl (C=O) groups excluding carboxylic acids is 1. The molecule has 0 aromatic carbocycles. The van der Waals surface area contributed by atoms with Crippen molar-refractivity contribution in [2.75, 3.05) is 13.1 Å². The second kappa shape index (κ2) is 3.86. The van der Waals surface area contributed by atoms with Gasteiger partial charge in [0, 0.05) is 25.4 Å². The Kier molecular flexibility index (Phi) is 2.55. The van der Waals surface area contributed by atoms with Gasteiger partial charge in [0.05, 0.1) is 6.10 Å². The molecule has 1 unspecified atom stereocenters. The Balaban J connectivity index is 2.18. The van der Waals surface area contributed by atoms with Crippen LogP contribution in [0.4, 0.5) is 0 Å². The number of β-amino-alcohol motifs (C(OH)–C–C–N with tert-alkyl or cyclic N) is 1. The summed E-state index contributed by atoms with van der Waals surface area (Å²) in [4.78, 5) is 17.1. The monoisotopic (exact) mass is 207 g/mol. The first-order valence-electron chi connectivity index (χ1n) is 4.71. The standard InChI is InChI=1S/C10H11N2O3/c13-7-3-5-12(6-7)10(15)9-8(14)2-1-4-11-9/h1,4,7,13-14H,3,5-6H2. The van der Waals surface area contributed by atoms with Gasteiger partial charge in [-0.2, -0.15) is 0 Å². The molecule has 0 aliphatic carbocycles. The number of aromatic hydroxyl groups is 1. The number of carbonyl (C=O) groups is 1. The zero-order valence-electron chi connectivity index (χ0n) is 8.05. The minimum Gasteiger partial charge on any atom is -0.505 e. The van der Waals surface area contributed by atoms with Gasteiger partial charge >= 0.3 is 0 Å². The van der Waals surface area contributed by atoms with Crippen molar-refractivity contribution >= 4 is 5.91 Å². The first kappa shape index (κ1) is 9.92. The molecule has 79 valence electrons. The van der Waals surface area contributed by atoms with Crippen molar-refractivity contribution in [1.29, 1.82) is 0 Å². The summed E-state index contributed by atoms with van der Waals surface area (Å²) in [5.41, 5.74) is -0.00778. The van der Waals surface area contributed by atoms with Crippen LogP contribution < -0.4 is 0 Å². The molecule has 2 rings (SSSR count). The number of hydrogen-bond donors (Lipinski definition) is 2. The number of aliphatic hydroxyl groups is 1. The van der Waals surface area contributed by atoms with Crippen LogP contribution in [0.3, 0.4) is 0 Å². The Morgan fingerprint density at radius 3 is 3.07 bits per heavy atom. The topological polar surface area (TPSA) is 73.7 Å². The number of likely N-dealkylation sites (tertiary alicyclic amines) is 1. The van der Waals surface area contributed by atoms with E-state index in [2.05, 4.69) is 11.1 Å². The zero-order valence-corrected chi connectivity index (χ0v) is 8.05. The Labute approximate surface area is 87.0 Å². The lowest BCUT2D eigenvalue weighted by atomic mass is 10.3. The normalized spacial score (nSPS) is 20.6. The van der Waals surface area contributed by atoms with Crippen LogP contribution in [0.15, 0.2) is 12.3 Å². The molecule has 1 aromatic heterocycles. The van der Waals surface area contributed by atoms with E-state index in [0.29, 0.717) is 19.5 Å². The number of amides is 1. The average Bonchev–Trinajstić information content (AvgIpc) is 2.65. The third-order valence-electron chi connectivity index (χ3n) is 2.38. The molecule has 2 N–H and O–H groups in total. The summed E-state index contributed by atoms with van der Waals surface area (Å²) in [5, 5.41) is 18.7. The number of pyridine rings is 1. The van der Waals surface area contributed by atoms with Crippen LogP contribution in [0.5, 0.6) is 5.75 Å². The van der Waals surface area contributed by atoms with Crippen molar-refractivity contribution in [3.05, 3.63) is 24.0 Å². The molecule has 1 aliphatic rings. The fraction of sp³-hybridized carbons (Fsp3) is 0.400. The molecule has 0 spiro atoms. The third kappa shape index (κ3) is 1.92. The van der Waals surface area contributed by atoms with Crippen LogP contribution in [-0.2, 0) is 0 Å². The smallest absolute Gasteiger partial charge is 0.276 e. The predicted molar refractivity (Wildman–Crippen MR) is 51.3 cm³/mol. The van der Waals surface area contributed by atoms with Gasteiger partial charge in [-0.25, -0.2) is 4.98 Å². The zero-order chi connectivity index (χ0) is 10.8. The number of aliphatic hydroxyl groups excluding tert-OH is 1. The van der Waals surface area contributed by atoms with Crippen LogP contribution in [0.2, 0.25) is 0 Å². The van der Waals surface area contributed by atoms with Gasteiger partial charge in [0.15, 0.2) is 11.4 Å². The van der Waals surface area contributed by atoms with Crippen LogP contribution in [0, 0.1) is 6.07 Å². The van der Waals surface area contributed by atoms with Crippen molar-refractivity contribution < 1.29 is 15.0 Å². The minimum absolute atomic E-state index is 0.00778. The van der Waals surface area contributed by atoms with E-state index in [4.69, 9.17) is 0 Å². The van der Waals surface area contributed by atoms with Crippen LogP contribution in [0.1, 0.15) is 16.9 Å². The van der Waals surface area contributed by atoms with Crippen molar-refractivity contribution in [3.63, 3.8) is 0 Å². The van der Waals surface area contributed by atoms with Gasteiger partial charge in [0.25, 0.3) is 5.91 Å². The molecule has 0 saturated carbocycles. The minimum atomic E-state index is -0.469. The van der Waals surface area contributed by atoms with Crippen molar-refractivity contribution in [2.45, 2.75) is 12.5 Å². The molecule has 5 heteroatoms. The van der Waals surface area contributed by atoms with Gasteiger partial charge < -0.3 is 15.1 Å². The molecule has 1 aliphatic heterocycles. The van der Waals surface area contributed by atoms with Gasteiger partial charge in [0.1, 0.15) is 0 Å². The molecule has 1 atom stereocenters. The number of nitrogens with zero attached hydrogens (tertiary/aromatic N) is 2. The number of hydrogen-bond acceptors (Lipinski definition) is 4.